The van der Waals surface area contributed by atoms with Crippen LogP contribution in [0.2, 0.25) is 0 Å². The van der Waals surface area contributed by atoms with Gasteiger partial charge in [-0.25, -0.2) is 8.42 Å². The number of hydrogen-bond donors (Lipinski definition) is 1. The number of methoxy groups -OCH3 is 2. The fourth-order valence-corrected chi connectivity index (χ4v) is 5.91. The van der Waals surface area contributed by atoms with E-state index in [4.69, 9.17) is 9.47 Å². The Balaban J connectivity index is 2.08. The van der Waals surface area contributed by atoms with Gasteiger partial charge in [0.2, 0.25) is 11.8 Å². The minimum Gasteiger partial charge on any atom is -0.493 e. The molecule has 0 saturated heterocycles. The van der Waals surface area contributed by atoms with E-state index < -0.39 is 28.5 Å². The highest BCUT2D eigenvalue weighted by Crippen LogP contribution is 2.32. The van der Waals surface area contributed by atoms with E-state index in [9.17, 15) is 18.0 Å². The summed E-state index contributed by atoms with van der Waals surface area (Å²) in [4.78, 5) is 28.9. The molecule has 0 aliphatic carbocycles. The van der Waals surface area contributed by atoms with Crippen LogP contribution in [-0.2, 0) is 26.2 Å². The molecule has 226 valence electrons. The Labute approximate surface area is 249 Å². The number of carbonyl (C=O) groups is 2. The Hall–Kier alpha value is -4.05. The SMILES string of the molecule is CC[C@H](C(=O)N[C@@H](C)CC)N(Cc1ccccc1)C(=O)CN(c1ccc(C)cc1)S(=O)(=O)c1ccc(OC)c(OC)c1. The smallest absolute Gasteiger partial charge is 0.264 e. The van der Waals surface area contributed by atoms with Gasteiger partial charge in [0.25, 0.3) is 10.0 Å². The largest absolute Gasteiger partial charge is 0.493 e. The van der Waals surface area contributed by atoms with Crippen molar-refractivity contribution in [2.24, 2.45) is 0 Å². The quantitative estimate of drug-likeness (QED) is 0.283. The summed E-state index contributed by atoms with van der Waals surface area (Å²) in [6.45, 7) is 7.24. The molecule has 1 N–H and O–H groups in total. The molecule has 2 amide bonds. The number of benzene rings is 3. The second-order valence-electron chi connectivity index (χ2n) is 10.1. The number of ether oxygens (including phenoxy) is 2. The van der Waals surface area contributed by atoms with Gasteiger partial charge in [-0.15, -0.1) is 0 Å². The van der Waals surface area contributed by atoms with Gasteiger partial charge in [-0.1, -0.05) is 61.9 Å². The highest BCUT2D eigenvalue weighted by molar-refractivity contribution is 7.92. The van der Waals surface area contributed by atoms with Gasteiger partial charge in [0.1, 0.15) is 12.6 Å². The molecule has 0 unspecified atom stereocenters. The number of nitrogens with one attached hydrogen (secondary N) is 1. The summed E-state index contributed by atoms with van der Waals surface area (Å²) in [5.41, 5.74) is 2.08. The van der Waals surface area contributed by atoms with Crippen molar-refractivity contribution in [2.75, 3.05) is 25.1 Å². The third-order valence-electron chi connectivity index (χ3n) is 7.13. The molecule has 0 spiro atoms. The number of nitrogens with zero attached hydrogens (tertiary/aromatic N) is 2. The highest BCUT2D eigenvalue weighted by atomic mass is 32.2. The van der Waals surface area contributed by atoms with Crippen LogP contribution in [0, 0.1) is 6.92 Å². The van der Waals surface area contributed by atoms with E-state index in [1.807, 2.05) is 58.0 Å². The van der Waals surface area contributed by atoms with E-state index in [0.29, 0.717) is 17.9 Å². The van der Waals surface area contributed by atoms with E-state index in [-0.39, 0.29) is 29.1 Å². The van der Waals surface area contributed by atoms with Crippen LogP contribution < -0.4 is 19.1 Å². The summed E-state index contributed by atoms with van der Waals surface area (Å²) in [7, 11) is -1.36. The molecule has 0 aliphatic rings. The lowest BCUT2D eigenvalue weighted by Gasteiger charge is -2.33. The molecule has 0 bridgehead atoms. The van der Waals surface area contributed by atoms with E-state index in [2.05, 4.69) is 5.32 Å². The van der Waals surface area contributed by atoms with Crippen LogP contribution in [-0.4, -0.2) is 58.0 Å². The molecule has 0 saturated carbocycles. The highest BCUT2D eigenvalue weighted by Gasteiger charge is 2.34. The number of carbonyl (C=O) groups excluding carboxylic acids is 2. The molecule has 42 heavy (non-hydrogen) atoms. The number of anilines is 1. The first-order chi connectivity index (χ1) is 20.0. The lowest BCUT2D eigenvalue weighted by molar-refractivity contribution is -0.140. The molecule has 0 aromatic heterocycles. The van der Waals surface area contributed by atoms with Crippen molar-refractivity contribution >= 4 is 27.5 Å². The second kappa shape index (κ2) is 14.7. The van der Waals surface area contributed by atoms with Crippen LogP contribution in [0.5, 0.6) is 11.5 Å². The van der Waals surface area contributed by atoms with E-state index in [1.54, 1.807) is 24.3 Å². The van der Waals surface area contributed by atoms with E-state index in [1.165, 1.54) is 37.3 Å². The van der Waals surface area contributed by atoms with Crippen LogP contribution in [0.1, 0.15) is 44.7 Å². The van der Waals surface area contributed by atoms with Gasteiger partial charge in [0.15, 0.2) is 11.5 Å². The van der Waals surface area contributed by atoms with Gasteiger partial charge in [-0.05, 0) is 56.5 Å². The molecular formula is C32H41N3O6S. The molecule has 10 heteroatoms. The molecule has 3 aromatic rings. The zero-order valence-electron chi connectivity index (χ0n) is 25.2. The molecule has 0 fully saturated rings. The van der Waals surface area contributed by atoms with Crippen LogP contribution in [0.4, 0.5) is 5.69 Å². The third kappa shape index (κ3) is 7.82. The minimum absolute atomic E-state index is 0.0651. The Kier molecular flexibility index (Phi) is 11.4. The molecular weight excluding hydrogens is 554 g/mol. The zero-order chi connectivity index (χ0) is 30.9. The number of hydrogen-bond acceptors (Lipinski definition) is 6. The lowest BCUT2D eigenvalue weighted by atomic mass is 10.1. The average molecular weight is 596 g/mol. The fraction of sp³-hybridized carbons (Fsp3) is 0.375. The molecule has 9 nitrogen and oxygen atoms in total. The fourth-order valence-electron chi connectivity index (χ4n) is 4.48. The third-order valence-corrected chi connectivity index (χ3v) is 8.90. The van der Waals surface area contributed by atoms with Crippen molar-refractivity contribution < 1.29 is 27.5 Å². The van der Waals surface area contributed by atoms with E-state index >= 15 is 0 Å². The maximum atomic E-state index is 14.2. The zero-order valence-corrected chi connectivity index (χ0v) is 26.0. The summed E-state index contributed by atoms with van der Waals surface area (Å²) >= 11 is 0. The first kappa shape index (κ1) is 32.5. The summed E-state index contributed by atoms with van der Waals surface area (Å²) in [5.74, 6) is -0.163. The van der Waals surface area contributed by atoms with Gasteiger partial charge in [0, 0.05) is 18.7 Å². The van der Waals surface area contributed by atoms with Gasteiger partial charge in [0.05, 0.1) is 24.8 Å². The van der Waals surface area contributed by atoms with Crippen molar-refractivity contribution in [3.05, 3.63) is 83.9 Å². The standard InChI is InChI=1S/C32H41N3O6S/c1-7-24(4)33-32(37)28(8-2)34(21-25-12-10-9-11-13-25)31(36)22-35(26-16-14-23(3)15-17-26)42(38,39)27-18-19-29(40-5)30(20-27)41-6/h9-20,24,28H,7-8,21-22H2,1-6H3,(H,33,37)/t24-,28+/m0/s1. The van der Waals surface area contributed by atoms with Crippen molar-refractivity contribution in [2.45, 2.75) is 64.1 Å². The Morgan fingerprint density at radius 2 is 1.52 bits per heavy atom. The van der Waals surface area contributed by atoms with Gasteiger partial charge < -0.3 is 19.7 Å². The molecule has 0 radical (unpaired) electrons. The normalized spacial score (nSPS) is 12.6. The number of sulfonamides is 1. The summed E-state index contributed by atoms with van der Waals surface area (Å²) in [6, 6.07) is 19.7. The summed E-state index contributed by atoms with van der Waals surface area (Å²) < 4.78 is 40.0. The van der Waals surface area contributed by atoms with Crippen LogP contribution in [0.15, 0.2) is 77.7 Å². The van der Waals surface area contributed by atoms with Crippen LogP contribution >= 0.6 is 0 Å². The number of aryl methyl sites for hydroxylation is 1. The number of amides is 2. The first-order valence-electron chi connectivity index (χ1n) is 14.0. The molecule has 2 atom stereocenters. The molecule has 0 heterocycles. The van der Waals surface area contributed by atoms with Crippen molar-refractivity contribution in [1.29, 1.82) is 0 Å². The van der Waals surface area contributed by atoms with E-state index in [0.717, 1.165) is 21.9 Å². The first-order valence-corrected chi connectivity index (χ1v) is 15.4. The Bertz CT molecular complexity index is 1440. The maximum absolute atomic E-state index is 14.2. The van der Waals surface area contributed by atoms with Crippen LogP contribution in [0.25, 0.3) is 0 Å². The Morgan fingerprint density at radius 1 is 0.881 bits per heavy atom. The predicted molar refractivity (Wildman–Crippen MR) is 164 cm³/mol. The summed E-state index contributed by atoms with van der Waals surface area (Å²) in [6.07, 6.45) is 1.09. The predicted octanol–water partition coefficient (Wildman–Crippen LogP) is 4.93. The molecule has 3 rings (SSSR count). The Morgan fingerprint density at radius 3 is 2.10 bits per heavy atom. The van der Waals surface area contributed by atoms with Crippen LogP contribution in [0.3, 0.4) is 0 Å². The molecule has 0 aliphatic heterocycles. The lowest BCUT2D eigenvalue weighted by Crippen LogP contribution is -2.53. The van der Waals surface area contributed by atoms with Crippen molar-refractivity contribution in [3.63, 3.8) is 0 Å². The second-order valence-corrected chi connectivity index (χ2v) is 12.0. The molecule has 3 aromatic carbocycles. The maximum Gasteiger partial charge on any atom is 0.264 e. The van der Waals surface area contributed by atoms with Gasteiger partial charge in [-0.2, -0.15) is 0 Å². The van der Waals surface area contributed by atoms with Gasteiger partial charge in [-0.3, -0.25) is 13.9 Å². The summed E-state index contributed by atoms with van der Waals surface area (Å²) in [5, 5.41) is 2.98. The van der Waals surface area contributed by atoms with Crippen molar-refractivity contribution in [1.82, 2.24) is 10.2 Å². The monoisotopic (exact) mass is 595 g/mol. The van der Waals surface area contributed by atoms with Gasteiger partial charge >= 0.3 is 0 Å². The average Bonchev–Trinajstić information content (AvgIpc) is 3.00. The van der Waals surface area contributed by atoms with Crippen molar-refractivity contribution in [3.8, 4) is 11.5 Å². The topological polar surface area (TPSA) is 105 Å². The minimum atomic E-state index is -4.25. The number of rotatable bonds is 14.